The van der Waals surface area contributed by atoms with Crippen LogP contribution < -0.4 is 4.74 Å². The molecule has 0 fully saturated rings. The third-order valence-electron chi connectivity index (χ3n) is 4.34. The van der Waals surface area contributed by atoms with Crippen LogP contribution in [0, 0.1) is 0 Å². The van der Waals surface area contributed by atoms with Gasteiger partial charge in [0.15, 0.2) is 0 Å². The summed E-state index contributed by atoms with van der Waals surface area (Å²) in [6.45, 7) is 0.521. The van der Waals surface area contributed by atoms with Crippen molar-refractivity contribution < 1.29 is 4.74 Å². The molecule has 0 radical (unpaired) electrons. The Morgan fingerprint density at radius 2 is 1.81 bits per heavy atom. The Labute approximate surface area is 198 Å². The fraction of sp³-hybridized carbons (Fsp3) is 0.0870. The largest absolute Gasteiger partial charge is 0.489 e. The first-order valence-electron chi connectivity index (χ1n) is 9.45. The number of hydrogen-bond acceptors (Lipinski definition) is 5. The molecule has 0 spiro atoms. The van der Waals surface area contributed by atoms with Crippen molar-refractivity contribution in [3.63, 3.8) is 0 Å². The molecule has 8 heteroatoms. The molecule has 4 aromatic rings. The first kappa shape index (κ1) is 21.6. The van der Waals surface area contributed by atoms with Crippen LogP contribution in [0.15, 0.2) is 93.9 Å². The van der Waals surface area contributed by atoms with Crippen LogP contribution in [0.3, 0.4) is 0 Å². The molecule has 0 saturated heterocycles. The number of ether oxygens (including phenoxy) is 1. The quantitative estimate of drug-likeness (QED) is 0.201. The van der Waals surface area contributed by atoms with Crippen LogP contribution in [-0.4, -0.2) is 21.1 Å². The van der Waals surface area contributed by atoms with Gasteiger partial charge in [-0.1, -0.05) is 69.6 Å². The van der Waals surface area contributed by atoms with Crippen molar-refractivity contribution in [2.45, 2.75) is 17.5 Å². The van der Waals surface area contributed by atoms with Gasteiger partial charge in [0.1, 0.15) is 18.7 Å². The summed E-state index contributed by atoms with van der Waals surface area (Å²) >= 11 is 11.2. The van der Waals surface area contributed by atoms with Crippen molar-refractivity contribution in [3.05, 3.63) is 105 Å². The summed E-state index contributed by atoms with van der Waals surface area (Å²) in [6.07, 6.45) is 3.35. The number of benzene rings is 3. The van der Waals surface area contributed by atoms with E-state index in [-0.39, 0.29) is 0 Å². The lowest BCUT2D eigenvalue weighted by atomic mass is 10.2. The minimum absolute atomic E-state index is 0.521. The third-order valence-corrected chi connectivity index (χ3v) is 6.22. The summed E-state index contributed by atoms with van der Waals surface area (Å²) in [5.74, 6) is 1.50. The molecule has 5 nitrogen and oxygen atoms in total. The molecule has 0 aliphatic carbocycles. The summed E-state index contributed by atoms with van der Waals surface area (Å²) in [4.78, 5) is 0. The molecule has 3 aromatic carbocycles. The summed E-state index contributed by atoms with van der Waals surface area (Å²) < 4.78 is 8.55. The Morgan fingerprint density at radius 1 is 1.03 bits per heavy atom. The van der Waals surface area contributed by atoms with Crippen LogP contribution in [0.5, 0.6) is 5.75 Å². The SMILES string of the molecule is Clc1ccccc1CSc1nncn1/N=C/c1ccc(OCc2ccc(Br)cc2)cc1. The second kappa shape index (κ2) is 10.6. The normalized spacial score (nSPS) is 11.2. The molecule has 4 rings (SSSR count). The first-order chi connectivity index (χ1) is 15.2. The monoisotopic (exact) mass is 512 g/mol. The molecule has 0 aliphatic rings. The van der Waals surface area contributed by atoms with Gasteiger partial charge in [-0.05, 0) is 59.2 Å². The molecule has 0 bridgehead atoms. The maximum absolute atomic E-state index is 6.22. The van der Waals surface area contributed by atoms with Crippen LogP contribution in [0.1, 0.15) is 16.7 Å². The first-order valence-corrected chi connectivity index (χ1v) is 11.6. The summed E-state index contributed by atoms with van der Waals surface area (Å²) in [5, 5.41) is 14.0. The van der Waals surface area contributed by atoms with Gasteiger partial charge >= 0.3 is 0 Å². The highest BCUT2D eigenvalue weighted by atomic mass is 79.9. The zero-order chi connectivity index (χ0) is 21.5. The lowest BCUT2D eigenvalue weighted by Gasteiger charge is -2.06. The van der Waals surface area contributed by atoms with E-state index in [0.29, 0.717) is 17.5 Å². The summed E-state index contributed by atoms with van der Waals surface area (Å²) in [5.41, 5.74) is 3.11. The van der Waals surface area contributed by atoms with Crippen molar-refractivity contribution in [1.29, 1.82) is 0 Å². The lowest BCUT2D eigenvalue weighted by molar-refractivity contribution is 0.306. The van der Waals surface area contributed by atoms with Gasteiger partial charge in [0.05, 0.1) is 6.21 Å². The Morgan fingerprint density at radius 3 is 2.58 bits per heavy atom. The van der Waals surface area contributed by atoms with E-state index >= 15 is 0 Å². The van der Waals surface area contributed by atoms with Gasteiger partial charge in [-0.15, -0.1) is 10.2 Å². The standard InChI is InChI=1S/C23H18BrClN4OS/c24-20-9-5-18(6-10-20)14-30-21-11-7-17(8-12-21)13-27-29-16-26-28-23(29)31-15-19-3-1-2-4-22(19)25/h1-13,16H,14-15H2/b27-13+. The maximum Gasteiger partial charge on any atom is 0.212 e. The predicted octanol–water partition coefficient (Wildman–Crippen LogP) is 6.45. The highest BCUT2D eigenvalue weighted by Gasteiger charge is 2.06. The number of rotatable bonds is 8. The zero-order valence-electron chi connectivity index (χ0n) is 16.4. The second-order valence-electron chi connectivity index (χ2n) is 6.57. The second-order valence-corrected chi connectivity index (χ2v) is 8.83. The molecule has 156 valence electrons. The minimum atomic E-state index is 0.521. The molecule has 0 unspecified atom stereocenters. The van der Waals surface area contributed by atoms with Gasteiger partial charge in [-0.3, -0.25) is 0 Å². The van der Waals surface area contributed by atoms with Crippen LogP contribution in [0.25, 0.3) is 0 Å². The van der Waals surface area contributed by atoms with Crippen LogP contribution in [-0.2, 0) is 12.4 Å². The fourth-order valence-corrected chi connectivity index (χ4v) is 4.09. The van der Waals surface area contributed by atoms with E-state index in [1.54, 1.807) is 17.2 Å². The molecular formula is C23H18BrClN4OS. The van der Waals surface area contributed by atoms with Crippen molar-refractivity contribution >= 4 is 45.5 Å². The molecule has 1 heterocycles. The molecule has 1 aromatic heterocycles. The van der Waals surface area contributed by atoms with E-state index in [9.17, 15) is 0 Å². The van der Waals surface area contributed by atoms with Gasteiger partial charge in [-0.2, -0.15) is 9.78 Å². The number of halogens is 2. The van der Waals surface area contributed by atoms with E-state index in [1.807, 2.05) is 72.8 Å². The Hall–Kier alpha value is -2.61. The Kier molecular flexibility index (Phi) is 7.40. The number of nitrogens with zero attached hydrogens (tertiary/aromatic N) is 4. The molecule has 31 heavy (non-hydrogen) atoms. The van der Waals surface area contributed by atoms with Crippen molar-refractivity contribution in [2.24, 2.45) is 5.10 Å². The average Bonchev–Trinajstić information content (AvgIpc) is 3.25. The molecule has 0 atom stereocenters. The third kappa shape index (κ3) is 6.19. The van der Waals surface area contributed by atoms with E-state index in [2.05, 4.69) is 31.2 Å². The number of aromatic nitrogens is 3. The molecule has 0 amide bonds. The molecule has 0 saturated carbocycles. The highest BCUT2D eigenvalue weighted by Crippen LogP contribution is 2.25. The van der Waals surface area contributed by atoms with Gasteiger partial charge in [0.2, 0.25) is 5.16 Å². The van der Waals surface area contributed by atoms with E-state index in [0.717, 1.165) is 31.9 Å². The van der Waals surface area contributed by atoms with E-state index in [4.69, 9.17) is 16.3 Å². The minimum Gasteiger partial charge on any atom is -0.489 e. The van der Waals surface area contributed by atoms with Crippen LogP contribution >= 0.6 is 39.3 Å². The smallest absolute Gasteiger partial charge is 0.212 e. The summed E-state index contributed by atoms with van der Waals surface area (Å²) in [7, 11) is 0. The van der Waals surface area contributed by atoms with Crippen LogP contribution in [0.2, 0.25) is 5.02 Å². The number of hydrogen-bond donors (Lipinski definition) is 0. The summed E-state index contributed by atoms with van der Waals surface area (Å²) in [6, 6.07) is 23.6. The lowest BCUT2D eigenvalue weighted by Crippen LogP contribution is -1.96. The van der Waals surface area contributed by atoms with Gasteiger partial charge in [-0.25, -0.2) is 0 Å². The van der Waals surface area contributed by atoms with E-state index in [1.165, 1.54) is 11.8 Å². The highest BCUT2D eigenvalue weighted by molar-refractivity contribution is 9.10. The van der Waals surface area contributed by atoms with Gasteiger partial charge < -0.3 is 4.74 Å². The Bertz CT molecular complexity index is 1160. The fourth-order valence-electron chi connectivity index (χ4n) is 2.68. The van der Waals surface area contributed by atoms with Crippen molar-refractivity contribution in [1.82, 2.24) is 14.9 Å². The van der Waals surface area contributed by atoms with Gasteiger partial charge in [0, 0.05) is 15.2 Å². The molecule has 0 N–H and O–H groups in total. The average molecular weight is 514 g/mol. The van der Waals surface area contributed by atoms with Crippen molar-refractivity contribution in [3.8, 4) is 5.75 Å². The number of thioether (sulfide) groups is 1. The zero-order valence-corrected chi connectivity index (χ0v) is 19.5. The maximum atomic E-state index is 6.22. The van der Waals surface area contributed by atoms with Gasteiger partial charge in [0.25, 0.3) is 0 Å². The van der Waals surface area contributed by atoms with Crippen molar-refractivity contribution in [2.75, 3.05) is 0 Å². The topological polar surface area (TPSA) is 52.3 Å². The van der Waals surface area contributed by atoms with E-state index < -0.39 is 0 Å². The molecule has 0 aliphatic heterocycles. The predicted molar refractivity (Wildman–Crippen MR) is 129 cm³/mol. The Balaban J connectivity index is 1.34. The van der Waals surface area contributed by atoms with Crippen LogP contribution in [0.4, 0.5) is 0 Å². The molecular weight excluding hydrogens is 496 g/mol.